The molecule has 0 saturated heterocycles. The van der Waals surface area contributed by atoms with Gasteiger partial charge >= 0.3 is 5.97 Å². The van der Waals surface area contributed by atoms with Crippen LogP contribution in [0, 0.1) is 0 Å². The number of rotatable bonds is 3. The first-order valence-electron chi connectivity index (χ1n) is 3.13. The molecule has 1 atom stereocenters. The molecule has 1 rings (SSSR count). The van der Waals surface area contributed by atoms with Gasteiger partial charge in [-0.3, -0.25) is 9.88 Å². The first kappa shape index (κ1) is 9.23. The molecule has 11 heavy (non-hydrogen) atoms. The van der Waals surface area contributed by atoms with Gasteiger partial charge in [-0.1, -0.05) is 9.39 Å². The second kappa shape index (κ2) is 3.25. The van der Waals surface area contributed by atoms with Gasteiger partial charge in [-0.25, -0.2) is 0 Å². The number of aliphatic carboxylic acids is 1. The van der Waals surface area contributed by atoms with Crippen LogP contribution in [0.3, 0.4) is 0 Å². The van der Waals surface area contributed by atoms with Crippen LogP contribution >= 0.6 is 21.5 Å². The fraction of sp³-hybridized carbons (Fsp3) is 0.800. The second-order valence-electron chi connectivity index (χ2n) is 2.65. The molecule has 0 heterocycles. The fourth-order valence-corrected chi connectivity index (χ4v) is 2.19. The number of carboxylic acids is 1. The van der Waals surface area contributed by atoms with Crippen LogP contribution in [0.25, 0.3) is 0 Å². The zero-order valence-corrected chi connectivity index (χ0v) is 7.68. The van der Waals surface area contributed by atoms with Crippen molar-refractivity contribution in [3.05, 3.63) is 0 Å². The summed E-state index contributed by atoms with van der Waals surface area (Å²) in [6, 6.07) is 0. The van der Waals surface area contributed by atoms with E-state index in [4.69, 9.17) is 5.11 Å². The average Bonchev–Trinajstić information content (AvgIpc) is 1.86. The largest absolute Gasteiger partial charge is 0.480 e. The molecule has 1 aliphatic rings. The molecule has 0 amide bonds. The van der Waals surface area contributed by atoms with E-state index in [9.17, 15) is 8.68 Å². The van der Waals surface area contributed by atoms with Crippen molar-refractivity contribution in [2.75, 3.05) is 0 Å². The molecule has 1 aliphatic carbocycles. The van der Waals surface area contributed by atoms with Crippen molar-refractivity contribution in [2.45, 2.75) is 23.6 Å². The molecule has 0 bridgehead atoms. The maximum absolute atomic E-state index is 11.9. The van der Waals surface area contributed by atoms with Gasteiger partial charge in [-0.05, 0) is 12.8 Å². The number of carboxylic acid groups (broad SMARTS) is 1. The fourth-order valence-electron chi connectivity index (χ4n) is 1.13. The van der Waals surface area contributed by atoms with Gasteiger partial charge in [-0.15, -0.1) is 0 Å². The zero-order valence-electron chi connectivity index (χ0n) is 5.71. The van der Waals surface area contributed by atoms with Crippen molar-refractivity contribution >= 4 is 27.5 Å². The molecule has 0 aromatic carbocycles. The van der Waals surface area contributed by atoms with Crippen LogP contribution in [0.4, 0.5) is 3.89 Å². The summed E-state index contributed by atoms with van der Waals surface area (Å²) in [6.07, 6.45) is 0.708. The van der Waals surface area contributed by atoms with Crippen LogP contribution in [0.15, 0.2) is 0 Å². The van der Waals surface area contributed by atoms with Gasteiger partial charge in [0, 0.05) is 17.4 Å². The predicted octanol–water partition coefficient (Wildman–Crippen LogP) is 0.970. The third-order valence-corrected chi connectivity index (χ3v) is 3.10. The van der Waals surface area contributed by atoms with Gasteiger partial charge in [-0.2, -0.15) is 3.89 Å². The minimum atomic E-state index is -0.905. The quantitative estimate of drug-likeness (QED) is 0.662. The lowest BCUT2D eigenvalue weighted by atomic mass is 9.77. The molecule has 3 nitrogen and oxygen atoms in total. The van der Waals surface area contributed by atoms with E-state index in [1.165, 1.54) is 0 Å². The Hall–Kier alpha value is 0.140. The first-order chi connectivity index (χ1) is 5.14. The summed E-state index contributed by atoms with van der Waals surface area (Å²) in [6.45, 7) is 0. The molecule has 6 heteroatoms. The normalized spacial score (nSPS) is 36.4. The highest BCUT2D eigenvalue weighted by atomic mass is 32.2. The molecule has 1 unspecified atom stereocenters. The van der Waals surface area contributed by atoms with Crippen LogP contribution in [0.1, 0.15) is 12.8 Å². The minimum Gasteiger partial charge on any atom is -0.480 e. The summed E-state index contributed by atoms with van der Waals surface area (Å²) < 4.78 is 11.9. The monoisotopic (exact) mass is 197 g/mol. The Bertz CT molecular complexity index is 174. The molecule has 1 fully saturated rings. The molecule has 2 N–H and O–H groups in total. The van der Waals surface area contributed by atoms with Crippen molar-refractivity contribution in [3.63, 3.8) is 0 Å². The molecular weight excluding hydrogens is 188 g/mol. The first-order valence-corrected chi connectivity index (χ1v) is 4.49. The van der Waals surface area contributed by atoms with E-state index in [1.807, 2.05) is 0 Å². The summed E-state index contributed by atoms with van der Waals surface area (Å²) in [5.41, 5.74) is -0.894. The standard InChI is InChI=1S/C5H9FNO2PS/c6-11-3-1-5(2-3,7-10)4(8)9/h3,7H,1-2,10H2,(H,8,9). The predicted molar refractivity (Wildman–Crippen MR) is 44.9 cm³/mol. The number of carbonyl (C=O) groups is 1. The minimum absolute atomic E-state index is 0.154. The molecule has 0 radical (unpaired) electrons. The van der Waals surface area contributed by atoms with Gasteiger partial charge in [0.15, 0.2) is 0 Å². The van der Waals surface area contributed by atoms with E-state index in [2.05, 4.69) is 14.5 Å². The lowest BCUT2D eigenvalue weighted by Crippen LogP contribution is -2.58. The van der Waals surface area contributed by atoms with E-state index in [1.54, 1.807) is 0 Å². The highest BCUT2D eigenvalue weighted by molar-refractivity contribution is 7.95. The van der Waals surface area contributed by atoms with Crippen molar-refractivity contribution in [2.24, 2.45) is 0 Å². The van der Waals surface area contributed by atoms with Gasteiger partial charge < -0.3 is 5.11 Å². The zero-order chi connectivity index (χ0) is 8.48. The maximum atomic E-state index is 11.9. The van der Waals surface area contributed by atoms with Crippen LogP contribution < -0.4 is 5.09 Å². The molecular formula is C5H9FNO2PS. The topological polar surface area (TPSA) is 49.3 Å². The lowest BCUT2D eigenvalue weighted by Gasteiger charge is -2.41. The molecule has 64 valence electrons. The SMILES string of the molecule is O=C(O)C1(NP)CC(SF)C1. The maximum Gasteiger partial charge on any atom is 0.324 e. The van der Waals surface area contributed by atoms with Crippen molar-refractivity contribution in [1.82, 2.24) is 5.09 Å². The number of hydrogen-bond acceptors (Lipinski definition) is 3. The summed E-state index contributed by atoms with van der Waals surface area (Å²) in [4.78, 5) is 10.6. The Morgan fingerprint density at radius 1 is 1.82 bits per heavy atom. The summed E-state index contributed by atoms with van der Waals surface area (Å²) in [7, 11) is 2.16. The van der Waals surface area contributed by atoms with Crippen LogP contribution in [0.5, 0.6) is 0 Å². The molecule has 0 aromatic heterocycles. The third kappa shape index (κ3) is 1.50. The number of hydrogen-bond donors (Lipinski definition) is 2. The molecule has 0 aliphatic heterocycles. The van der Waals surface area contributed by atoms with E-state index in [0.29, 0.717) is 12.8 Å². The van der Waals surface area contributed by atoms with Crippen molar-refractivity contribution < 1.29 is 13.8 Å². The summed E-state index contributed by atoms with van der Waals surface area (Å²) in [5.74, 6) is -0.905. The highest BCUT2D eigenvalue weighted by Crippen LogP contribution is 2.41. The third-order valence-electron chi connectivity index (χ3n) is 1.96. The van der Waals surface area contributed by atoms with Gasteiger partial charge in [0.25, 0.3) is 0 Å². The molecule has 0 spiro atoms. The Balaban J connectivity index is 2.50. The number of halogens is 1. The van der Waals surface area contributed by atoms with E-state index in [0.717, 1.165) is 0 Å². The van der Waals surface area contributed by atoms with Crippen molar-refractivity contribution in [1.29, 1.82) is 0 Å². The van der Waals surface area contributed by atoms with Gasteiger partial charge in [0.2, 0.25) is 0 Å². The van der Waals surface area contributed by atoms with E-state index < -0.39 is 11.5 Å². The summed E-state index contributed by atoms with van der Waals surface area (Å²) >= 11 is 0.234. The second-order valence-corrected chi connectivity index (χ2v) is 3.78. The molecule has 0 aromatic rings. The van der Waals surface area contributed by atoms with Crippen LogP contribution in [-0.2, 0) is 4.79 Å². The summed E-state index contributed by atoms with van der Waals surface area (Å²) in [5, 5.41) is 11.2. The Morgan fingerprint density at radius 3 is 2.64 bits per heavy atom. The Morgan fingerprint density at radius 2 is 2.36 bits per heavy atom. The van der Waals surface area contributed by atoms with Crippen molar-refractivity contribution in [3.8, 4) is 0 Å². The number of nitrogens with one attached hydrogen (secondary N) is 1. The van der Waals surface area contributed by atoms with Crippen LogP contribution in [0.2, 0.25) is 0 Å². The highest BCUT2D eigenvalue weighted by Gasteiger charge is 2.50. The van der Waals surface area contributed by atoms with E-state index in [-0.39, 0.29) is 17.4 Å². The van der Waals surface area contributed by atoms with Gasteiger partial charge in [0.05, 0.1) is 0 Å². The molecule has 1 saturated carbocycles. The average molecular weight is 197 g/mol. The van der Waals surface area contributed by atoms with E-state index >= 15 is 0 Å². The van der Waals surface area contributed by atoms with Crippen LogP contribution in [-0.4, -0.2) is 21.9 Å². The Labute approximate surface area is 70.7 Å². The van der Waals surface area contributed by atoms with Gasteiger partial charge in [0.1, 0.15) is 5.54 Å². The lowest BCUT2D eigenvalue weighted by molar-refractivity contribution is -0.147. The smallest absolute Gasteiger partial charge is 0.324 e. The Kier molecular flexibility index (Phi) is 2.73.